The molecule has 0 aromatic heterocycles. The van der Waals surface area contributed by atoms with E-state index in [1.165, 1.54) is 0 Å². The topological polar surface area (TPSA) is 55.7 Å². The monoisotopic (exact) mass is 435 g/mol. The second kappa shape index (κ2) is 8.80. The van der Waals surface area contributed by atoms with Crippen LogP contribution in [0.3, 0.4) is 0 Å². The Hall–Kier alpha value is -2.72. The van der Waals surface area contributed by atoms with Crippen molar-refractivity contribution in [1.82, 2.24) is 0 Å². The van der Waals surface area contributed by atoms with E-state index >= 15 is 0 Å². The van der Waals surface area contributed by atoms with Gasteiger partial charge in [0.05, 0.1) is 6.61 Å². The molecule has 0 fully saturated rings. The molecular weight excluding hydrogens is 410 g/mol. The molecule has 4 nitrogen and oxygen atoms in total. The maximum absolute atomic E-state index is 13.5. The van der Waals surface area contributed by atoms with Crippen LogP contribution in [0.5, 0.6) is 0 Å². The van der Waals surface area contributed by atoms with Gasteiger partial charge in [-0.1, -0.05) is 53.6 Å². The lowest BCUT2D eigenvalue weighted by molar-refractivity contribution is -0.146. The average Bonchev–Trinajstić information content (AvgIpc) is 2.74. The summed E-state index contributed by atoms with van der Waals surface area (Å²) in [5, 5.41) is 0.675. The predicted octanol–water partition coefficient (Wildman–Crippen LogP) is 5.79. The average molecular weight is 436 g/mol. The number of hydrogen-bond acceptors (Lipinski definition) is 4. The van der Waals surface area contributed by atoms with Gasteiger partial charge in [0, 0.05) is 34.3 Å². The van der Waals surface area contributed by atoms with Crippen LogP contribution in [0.25, 0.3) is 0 Å². The molecule has 31 heavy (non-hydrogen) atoms. The molecule has 0 bridgehead atoms. The molecule has 2 aromatic rings. The van der Waals surface area contributed by atoms with E-state index in [-0.39, 0.29) is 23.6 Å². The molecule has 1 unspecified atom stereocenters. The van der Waals surface area contributed by atoms with Crippen LogP contribution in [0.2, 0.25) is 5.02 Å². The third-order valence-corrected chi connectivity index (χ3v) is 6.46. The Kier molecular flexibility index (Phi) is 6.10. The fraction of sp³-hybridized carbons (Fsp3) is 0.346. The first-order valence-electron chi connectivity index (χ1n) is 10.7. The molecule has 0 radical (unpaired) electrons. The largest absolute Gasteiger partial charge is 0.465 e. The van der Waals surface area contributed by atoms with E-state index in [0.717, 1.165) is 22.4 Å². The van der Waals surface area contributed by atoms with Gasteiger partial charge in [-0.15, -0.1) is 0 Å². The number of hydrogen-bond donors (Lipinski definition) is 0. The Morgan fingerprint density at radius 1 is 1.03 bits per heavy atom. The number of nitrogens with zero attached hydrogens (tertiary/aromatic N) is 1. The van der Waals surface area contributed by atoms with Crippen molar-refractivity contribution in [2.75, 3.05) is 6.61 Å². The molecular formula is C26H26ClNO3. The number of benzene rings is 2. The summed E-state index contributed by atoms with van der Waals surface area (Å²) in [4.78, 5) is 31.1. The first-order valence-corrected chi connectivity index (χ1v) is 11.1. The number of rotatable bonds is 4. The maximum atomic E-state index is 13.5. The SMILES string of the molecule is CCOC(=O)C1C(C)=NC2=C(C(=O)C[C@@H](c3ccc(Cl)cc3)C2)[C@@H]1c1ccc(C)cc1. The summed E-state index contributed by atoms with van der Waals surface area (Å²) in [5.74, 6) is -1.17. The Bertz CT molecular complexity index is 1070. The van der Waals surface area contributed by atoms with E-state index in [9.17, 15) is 9.59 Å². The zero-order valence-electron chi connectivity index (χ0n) is 18.0. The second-order valence-corrected chi connectivity index (χ2v) is 8.75. The van der Waals surface area contributed by atoms with Crippen molar-refractivity contribution in [2.24, 2.45) is 10.9 Å². The molecule has 1 aliphatic heterocycles. The fourth-order valence-electron chi connectivity index (χ4n) is 4.70. The molecule has 2 aliphatic rings. The molecule has 0 N–H and O–H groups in total. The van der Waals surface area contributed by atoms with Crippen LogP contribution >= 0.6 is 11.6 Å². The number of carbonyl (C=O) groups is 2. The molecule has 1 heterocycles. The Labute approximate surface area is 188 Å². The normalized spacial score (nSPS) is 23.3. The van der Waals surface area contributed by atoms with Crippen molar-refractivity contribution in [3.8, 4) is 0 Å². The zero-order chi connectivity index (χ0) is 22.1. The highest BCUT2D eigenvalue weighted by molar-refractivity contribution is 6.30. The number of Topliss-reactive ketones (excluding diaryl/α,β-unsaturated/α-hetero) is 1. The van der Waals surface area contributed by atoms with Crippen molar-refractivity contribution in [2.45, 2.75) is 45.4 Å². The summed E-state index contributed by atoms with van der Waals surface area (Å²) < 4.78 is 5.38. The highest BCUT2D eigenvalue weighted by Gasteiger charge is 2.44. The van der Waals surface area contributed by atoms with Crippen molar-refractivity contribution < 1.29 is 14.3 Å². The number of allylic oxidation sites excluding steroid dienone is 2. The first kappa shape index (κ1) is 21.5. The van der Waals surface area contributed by atoms with Gasteiger partial charge < -0.3 is 4.74 Å². The Morgan fingerprint density at radius 3 is 2.32 bits per heavy atom. The lowest BCUT2D eigenvalue weighted by Gasteiger charge is -2.36. The number of ketones is 1. The van der Waals surface area contributed by atoms with Crippen LogP contribution in [0.1, 0.15) is 55.2 Å². The highest BCUT2D eigenvalue weighted by atomic mass is 35.5. The van der Waals surface area contributed by atoms with Gasteiger partial charge in [-0.25, -0.2) is 0 Å². The van der Waals surface area contributed by atoms with Gasteiger partial charge in [-0.05, 0) is 56.4 Å². The summed E-state index contributed by atoms with van der Waals surface area (Å²) >= 11 is 6.04. The smallest absolute Gasteiger partial charge is 0.315 e. The summed E-state index contributed by atoms with van der Waals surface area (Å²) in [7, 11) is 0. The molecule has 0 spiro atoms. The first-order chi connectivity index (χ1) is 14.9. The van der Waals surface area contributed by atoms with E-state index in [4.69, 9.17) is 21.3 Å². The minimum Gasteiger partial charge on any atom is -0.465 e. The van der Waals surface area contributed by atoms with Crippen LogP contribution in [0.4, 0.5) is 0 Å². The fourth-order valence-corrected chi connectivity index (χ4v) is 4.83. The van der Waals surface area contributed by atoms with Crippen molar-refractivity contribution in [3.63, 3.8) is 0 Å². The van der Waals surface area contributed by atoms with Crippen LogP contribution in [0, 0.1) is 12.8 Å². The van der Waals surface area contributed by atoms with Gasteiger partial charge in [0.2, 0.25) is 0 Å². The number of carbonyl (C=O) groups excluding carboxylic acids is 2. The summed E-state index contributed by atoms with van der Waals surface area (Å²) in [6.07, 6.45) is 1.06. The maximum Gasteiger partial charge on any atom is 0.315 e. The molecule has 5 heteroatoms. The van der Waals surface area contributed by atoms with Crippen molar-refractivity contribution in [3.05, 3.63) is 81.5 Å². The predicted molar refractivity (Wildman–Crippen MR) is 123 cm³/mol. The van der Waals surface area contributed by atoms with E-state index in [2.05, 4.69) is 0 Å². The molecule has 0 amide bonds. The van der Waals surface area contributed by atoms with Crippen LogP contribution in [-0.2, 0) is 14.3 Å². The van der Waals surface area contributed by atoms with Crippen LogP contribution in [-0.4, -0.2) is 24.1 Å². The summed E-state index contributed by atoms with van der Waals surface area (Å²) in [5.41, 5.74) is 5.31. The molecule has 2 aromatic carbocycles. The third kappa shape index (κ3) is 4.22. The van der Waals surface area contributed by atoms with E-state index in [1.807, 2.05) is 62.4 Å². The number of aliphatic imine (C=N–C) groups is 1. The molecule has 0 saturated carbocycles. The van der Waals surface area contributed by atoms with Gasteiger partial charge in [0.1, 0.15) is 5.92 Å². The van der Waals surface area contributed by atoms with Crippen molar-refractivity contribution in [1.29, 1.82) is 0 Å². The van der Waals surface area contributed by atoms with E-state index < -0.39 is 5.92 Å². The zero-order valence-corrected chi connectivity index (χ0v) is 18.8. The van der Waals surface area contributed by atoms with E-state index in [0.29, 0.717) is 35.8 Å². The molecule has 3 atom stereocenters. The minimum absolute atomic E-state index is 0.0531. The number of esters is 1. The summed E-state index contributed by atoms with van der Waals surface area (Å²) in [6.45, 7) is 5.97. The minimum atomic E-state index is -0.586. The molecule has 1 aliphatic carbocycles. The van der Waals surface area contributed by atoms with Crippen LogP contribution < -0.4 is 0 Å². The van der Waals surface area contributed by atoms with Gasteiger partial charge >= 0.3 is 5.97 Å². The van der Waals surface area contributed by atoms with E-state index in [1.54, 1.807) is 6.92 Å². The second-order valence-electron chi connectivity index (χ2n) is 8.31. The molecule has 4 rings (SSSR count). The lowest BCUT2D eigenvalue weighted by atomic mass is 9.69. The van der Waals surface area contributed by atoms with Crippen molar-refractivity contribution >= 4 is 29.1 Å². The number of ether oxygens (including phenoxy) is 1. The van der Waals surface area contributed by atoms with Crippen LogP contribution in [0.15, 0.2) is 64.8 Å². The third-order valence-electron chi connectivity index (χ3n) is 6.21. The van der Waals surface area contributed by atoms with Gasteiger partial charge in [0.25, 0.3) is 0 Å². The number of aryl methyl sites for hydroxylation is 1. The Balaban J connectivity index is 1.78. The summed E-state index contributed by atoms with van der Waals surface area (Å²) in [6, 6.07) is 15.7. The van der Waals surface area contributed by atoms with Gasteiger partial charge in [-0.2, -0.15) is 0 Å². The standard InChI is InChI=1S/C26H26ClNO3/c1-4-31-26(30)23-16(3)28-21-13-19(17-9-11-20(27)12-10-17)14-22(29)25(21)24(23)18-7-5-15(2)6-8-18/h5-12,19,23-24H,4,13-14H2,1-3H3/t19-,23?,24+/m0/s1. The number of halogens is 1. The molecule has 160 valence electrons. The molecule has 0 saturated heterocycles. The quantitative estimate of drug-likeness (QED) is 0.571. The van der Waals surface area contributed by atoms with Gasteiger partial charge in [-0.3, -0.25) is 14.6 Å². The highest BCUT2D eigenvalue weighted by Crippen LogP contribution is 2.46. The Morgan fingerprint density at radius 2 is 1.68 bits per heavy atom. The van der Waals surface area contributed by atoms with Gasteiger partial charge in [0.15, 0.2) is 5.78 Å². The lowest BCUT2D eigenvalue weighted by Crippen LogP contribution is -2.38.